The second-order valence-electron chi connectivity index (χ2n) is 8.02. The highest BCUT2D eigenvalue weighted by Crippen LogP contribution is 2.09. The van der Waals surface area contributed by atoms with Gasteiger partial charge in [0, 0.05) is 22.5 Å². The maximum absolute atomic E-state index is 12.3. The number of hydrogen-bond donors (Lipinski definition) is 6. The highest BCUT2D eigenvalue weighted by atomic mass is 16.2. The van der Waals surface area contributed by atoms with Gasteiger partial charge in [-0.3, -0.25) is 40.9 Å². The van der Waals surface area contributed by atoms with E-state index in [2.05, 4.69) is 32.3 Å². The van der Waals surface area contributed by atoms with E-state index in [9.17, 15) is 19.2 Å². The van der Waals surface area contributed by atoms with E-state index in [-0.39, 0.29) is 24.2 Å². The van der Waals surface area contributed by atoms with Crippen molar-refractivity contribution in [3.8, 4) is 0 Å². The van der Waals surface area contributed by atoms with Gasteiger partial charge in [0.2, 0.25) is 0 Å². The predicted octanol–water partition coefficient (Wildman–Crippen LogP) is 2.05. The molecule has 0 aliphatic heterocycles. The lowest BCUT2D eigenvalue weighted by Gasteiger charge is -2.10. The van der Waals surface area contributed by atoms with E-state index in [1.807, 2.05) is 62.4 Å². The van der Waals surface area contributed by atoms with Crippen molar-refractivity contribution in [2.45, 2.75) is 13.8 Å². The molecule has 3 aromatic carbocycles. The summed E-state index contributed by atoms with van der Waals surface area (Å²) >= 11 is 0. The number of nitrogens with one attached hydrogen (secondary N) is 6. The van der Waals surface area contributed by atoms with Gasteiger partial charge in [0.25, 0.3) is 23.6 Å². The number of hydrogen-bond acceptors (Lipinski definition) is 6. The van der Waals surface area contributed by atoms with Gasteiger partial charge in [0.05, 0.1) is 13.1 Å². The fraction of sp³-hybridized carbons (Fsp3) is 0.154. The molecule has 0 heterocycles. The number of carbonyl (C=O) groups is 4. The molecular formula is C26H28N6O4. The number of aryl methyl sites for hydroxylation is 2. The standard InChI is InChI=1S/C26H28N6O4/c1-17-3-11-21(12-4-17)27-15-23(33)29-31-25(35)19-7-9-20(10-8-19)26(36)32-30-24(34)16-28-22-13-5-18(2)6-14-22/h3-14,27-28H,15-16H2,1-2H3,(H,29,33)(H,30,34)(H,31,35)(H,32,36). The molecule has 0 aliphatic rings. The third kappa shape index (κ3) is 8.17. The smallest absolute Gasteiger partial charge is 0.269 e. The summed E-state index contributed by atoms with van der Waals surface area (Å²) in [4.78, 5) is 48.4. The van der Waals surface area contributed by atoms with Crippen LogP contribution in [0.4, 0.5) is 11.4 Å². The van der Waals surface area contributed by atoms with Crippen molar-refractivity contribution in [1.29, 1.82) is 0 Å². The Kier molecular flexibility index (Phi) is 8.99. The summed E-state index contributed by atoms with van der Waals surface area (Å²) in [5.74, 6) is -1.93. The van der Waals surface area contributed by atoms with E-state index in [1.54, 1.807) is 0 Å². The summed E-state index contributed by atoms with van der Waals surface area (Å²) < 4.78 is 0. The monoisotopic (exact) mass is 488 g/mol. The molecule has 0 fully saturated rings. The van der Waals surface area contributed by atoms with Gasteiger partial charge >= 0.3 is 0 Å². The van der Waals surface area contributed by atoms with Crippen LogP contribution >= 0.6 is 0 Å². The van der Waals surface area contributed by atoms with Crippen LogP contribution in [0, 0.1) is 13.8 Å². The normalized spacial score (nSPS) is 10.1. The molecule has 6 N–H and O–H groups in total. The number of benzene rings is 3. The van der Waals surface area contributed by atoms with Gasteiger partial charge in [-0.2, -0.15) is 0 Å². The summed E-state index contributed by atoms with van der Waals surface area (Å²) in [5, 5.41) is 5.90. The third-order valence-electron chi connectivity index (χ3n) is 5.05. The van der Waals surface area contributed by atoms with Crippen molar-refractivity contribution in [3.63, 3.8) is 0 Å². The van der Waals surface area contributed by atoms with Crippen LogP contribution in [0.1, 0.15) is 31.8 Å². The molecule has 0 saturated heterocycles. The zero-order chi connectivity index (χ0) is 25.9. The summed E-state index contributed by atoms with van der Waals surface area (Å²) in [6.45, 7) is 3.90. The molecule has 0 radical (unpaired) electrons. The van der Waals surface area contributed by atoms with Crippen molar-refractivity contribution >= 4 is 35.0 Å². The molecular weight excluding hydrogens is 460 g/mol. The Labute approximate surface area is 208 Å². The zero-order valence-corrected chi connectivity index (χ0v) is 20.0. The Morgan fingerprint density at radius 2 is 0.833 bits per heavy atom. The first-order chi connectivity index (χ1) is 17.3. The number of amides is 4. The van der Waals surface area contributed by atoms with Gasteiger partial charge in [0.1, 0.15) is 0 Å². The van der Waals surface area contributed by atoms with Crippen LogP contribution in [-0.2, 0) is 9.59 Å². The fourth-order valence-corrected chi connectivity index (χ4v) is 2.97. The van der Waals surface area contributed by atoms with Gasteiger partial charge in [-0.05, 0) is 62.4 Å². The van der Waals surface area contributed by atoms with E-state index >= 15 is 0 Å². The number of anilines is 2. The molecule has 0 saturated carbocycles. The van der Waals surface area contributed by atoms with Crippen molar-refractivity contribution in [3.05, 3.63) is 95.1 Å². The Morgan fingerprint density at radius 3 is 1.17 bits per heavy atom. The minimum Gasteiger partial charge on any atom is -0.376 e. The lowest BCUT2D eigenvalue weighted by molar-refractivity contribution is -0.120. The van der Waals surface area contributed by atoms with E-state index in [0.717, 1.165) is 22.5 Å². The Hall–Kier alpha value is -4.86. The van der Waals surface area contributed by atoms with Crippen LogP contribution in [0.5, 0.6) is 0 Å². The van der Waals surface area contributed by atoms with E-state index < -0.39 is 23.6 Å². The van der Waals surface area contributed by atoms with Crippen LogP contribution in [0.15, 0.2) is 72.8 Å². The Morgan fingerprint density at radius 1 is 0.500 bits per heavy atom. The quantitative estimate of drug-likeness (QED) is 0.268. The zero-order valence-electron chi connectivity index (χ0n) is 20.0. The minimum atomic E-state index is -0.541. The lowest BCUT2D eigenvalue weighted by Crippen LogP contribution is -2.44. The minimum absolute atomic E-state index is 0.0191. The summed E-state index contributed by atoms with van der Waals surface area (Å²) in [5.41, 5.74) is 13.6. The first kappa shape index (κ1) is 25.8. The molecule has 3 rings (SSSR count). The summed E-state index contributed by atoms with van der Waals surface area (Å²) in [7, 11) is 0. The maximum Gasteiger partial charge on any atom is 0.269 e. The Bertz CT molecular complexity index is 1110. The van der Waals surface area contributed by atoms with Crippen LogP contribution in [0.3, 0.4) is 0 Å². The van der Waals surface area contributed by atoms with Crippen molar-refractivity contribution in [1.82, 2.24) is 21.7 Å². The van der Waals surface area contributed by atoms with Crippen LogP contribution in [0.25, 0.3) is 0 Å². The highest BCUT2D eigenvalue weighted by Gasteiger charge is 2.11. The van der Waals surface area contributed by atoms with Crippen LogP contribution in [0.2, 0.25) is 0 Å². The third-order valence-corrected chi connectivity index (χ3v) is 5.05. The second kappa shape index (κ2) is 12.6. The molecule has 36 heavy (non-hydrogen) atoms. The summed E-state index contributed by atoms with van der Waals surface area (Å²) in [6, 6.07) is 20.8. The van der Waals surface area contributed by atoms with E-state index in [4.69, 9.17) is 0 Å². The van der Waals surface area contributed by atoms with Gasteiger partial charge in [-0.15, -0.1) is 0 Å². The largest absolute Gasteiger partial charge is 0.376 e. The topological polar surface area (TPSA) is 140 Å². The van der Waals surface area contributed by atoms with Crippen LogP contribution in [-0.4, -0.2) is 36.7 Å². The van der Waals surface area contributed by atoms with Gasteiger partial charge in [-0.25, -0.2) is 0 Å². The molecule has 0 atom stereocenters. The number of carbonyl (C=O) groups excluding carboxylic acids is 4. The van der Waals surface area contributed by atoms with Gasteiger partial charge < -0.3 is 10.6 Å². The van der Waals surface area contributed by atoms with Crippen LogP contribution < -0.4 is 32.3 Å². The molecule has 0 spiro atoms. The molecule has 10 nitrogen and oxygen atoms in total. The van der Waals surface area contributed by atoms with Crippen molar-refractivity contribution in [2.75, 3.05) is 23.7 Å². The molecule has 0 bridgehead atoms. The fourth-order valence-electron chi connectivity index (χ4n) is 2.97. The average Bonchev–Trinajstić information content (AvgIpc) is 2.89. The predicted molar refractivity (Wildman–Crippen MR) is 137 cm³/mol. The molecule has 10 heteroatoms. The summed E-state index contributed by atoms with van der Waals surface area (Å²) in [6.07, 6.45) is 0. The van der Waals surface area contributed by atoms with Gasteiger partial charge in [0.15, 0.2) is 0 Å². The first-order valence-electron chi connectivity index (χ1n) is 11.2. The molecule has 0 unspecified atom stereocenters. The lowest BCUT2D eigenvalue weighted by atomic mass is 10.1. The number of hydrazine groups is 2. The molecule has 4 amide bonds. The van der Waals surface area contributed by atoms with Gasteiger partial charge in [-0.1, -0.05) is 35.4 Å². The second-order valence-corrected chi connectivity index (χ2v) is 8.02. The Balaban J connectivity index is 1.37. The SMILES string of the molecule is Cc1ccc(NCC(=O)NNC(=O)c2ccc(C(=O)NNC(=O)CNc3ccc(C)cc3)cc2)cc1. The maximum atomic E-state index is 12.3. The molecule has 0 aliphatic carbocycles. The first-order valence-corrected chi connectivity index (χ1v) is 11.2. The average molecular weight is 489 g/mol. The molecule has 0 aromatic heterocycles. The van der Waals surface area contributed by atoms with E-state index in [0.29, 0.717) is 0 Å². The highest BCUT2D eigenvalue weighted by molar-refractivity contribution is 5.99. The van der Waals surface area contributed by atoms with Crippen molar-refractivity contribution < 1.29 is 19.2 Å². The molecule has 3 aromatic rings. The number of rotatable bonds is 8. The van der Waals surface area contributed by atoms with Crippen molar-refractivity contribution in [2.24, 2.45) is 0 Å². The van der Waals surface area contributed by atoms with E-state index in [1.165, 1.54) is 24.3 Å². The molecule has 186 valence electrons.